The van der Waals surface area contributed by atoms with Crippen LogP contribution in [0.1, 0.15) is 24.4 Å². The van der Waals surface area contributed by atoms with Crippen LogP contribution in [0.25, 0.3) is 0 Å². The molecule has 1 aliphatic heterocycles. The summed E-state index contributed by atoms with van der Waals surface area (Å²) in [6.45, 7) is 1.50. The number of carbonyl (C=O) groups excluding carboxylic acids is 2. The lowest BCUT2D eigenvalue weighted by Crippen LogP contribution is -2.89. The van der Waals surface area contributed by atoms with Gasteiger partial charge < -0.3 is 15.4 Å². The summed E-state index contributed by atoms with van der Waals surface area (Å²) in [6.07, 6.45) is 2.28. The minimum atomic E-state index is -0.494. The number of nitrogens with two attached hydrogens (primary N) is 1. The molecular weight excluding hydrogens is 270 g/mol. The summed E-state index contributed by atoms with van der Waals surface area (Å²) in [6, 6.07) is 8.50. The molecule has 2 rings (SSSR count). The first kappa shape index (κ1) is 15.5. The van der Waals surface area contributed by atoms with Crippen LogP contribution in [0.5, 0.6) is 0 Å². The van der Waals surface area contributed by atoms with Gasteiger partial charge in [-0.1, -0.05) is 30.3 Å². The molecule has 6 nitrogen and oxygen atoms in total. The second kappa shape index (κ2) is 7.75. The monoisotopic (exact) mass is 292 g/mol. The highest BCUT2D eigenvalue weighted by molar-refractivity contribution is 5.96. The smallest absolute Gasteiger partial charge is 0.321 e. The van der Waals surface area contributed by atoms with Gasteiger partial charge in [-0.2, -0.15) is 0 Å². The van der Waals surface area contributed by atoms with Crippen molar-refractivity contribution >= 4 is 11.9 Å². The standard InChI is InChI=1S/C15H21N3O3/c1-16-15(20)18-14(19)13(11-6-3-2-4-7-11)17-10-12-8-5-9-21-12/h2-4,6-7,12-13,17H,5,8-10H2,1H3,(H2,16,18,19,20)/p+1/t12-,13+/m0/s1. The number of urea groups is 1. The average Bonchev–Trinajstić information content (AvgIpc) is 3.01. The average molecular weight is 292 g/mol. The molecular formula is C15H22N3O3+. The second-order valence-electron chi connectivity index (χ2n) is 5.06. The Morgan fingerprint density at radius 2 is 2.14 bits per heavy atom. The predicted molar refractivity (Wildman–Crippen MR) is 77.5 cm³/mol. The van der Waals surface area contributed by atoms with Crippen molar-refractivity contribution in [3.63, 3.8) is 0 Å². The Morgan fingerprint density at radius 1 is 1.38 bits per heavy atom. The Kier molecular flexibility index (Phi) is 5.71. The molecule has 0 radical (unpaired) electrons. The maximum Gasteiger partial charge on any atom is 0.321 e. The summed E-state index contributed by atoms with van der Waals surface area (Å²) >= 11 is 0. The van der Waals surface area contributed by atoms with E-state index in [9.17, 15) is 9.59 Å². The summed E-state index contributed by atoms with van der Waals surface area (Å²) in [5.74, 6) is -0.321. The van der Waals surface area contributed by atoms with Crippen molar-refractivity contribution in [3.05, 3.63) is 35.9 Å². The summed E-state index contributed by atoms with van der Waals surface area (Å²) < 4.78 is 5.58. The van der Waals surface area contributed by atoms with Crippen LogP contribution in [-0.4, -0.2) is 38.2 Å². The minimum absolute atomic E-state index is 0.184. The van der Waals surface area contributed by atoms with Gasteiger partial charge in [-0.25, -0.2) is 4.79 Å². The lowest BCUT2D eigenvalue weighted by atomic mass is 10.1. The largest absolute Gasteiger partial charge is 0.372 e. The van der Waals surface area contributed by atoms with E-state index in [-0.39, 0.29) is 12.0 Å². The molecule has 1 aromatic carbocycles. The molecule has 1 saturated heterocycles. The van der Waals surface area contributed by atoms with E-state index in [1.54, 1.807) is 0 Å². The molecule has 0 bridgehead atoms. The van der Waals surface area contributed by atoms with Crippen LogP contribution >= 0.6 is 0 Å². The van der Waals surface area contributed by atoms with Gasteiger partial charge in [-0.15, -0.1) is 0 Å². The van der Waals surface area contributed by atoms with Crippen LogP contribution in [-0.2, 0) is 9.53 Å². The van der Waals surface area contributed by atoms with Crippen LogP contribution in [0.15, 0.2) is 30.3 Å². The summed E-state index contributed by atoms with van der Waals surface area (Å²) in [4.78, 5) is 23.6. The Balaban J connectivity index is 2.02. The molecule has 1 fully saturated rings. The topological polar surface area (TPSA) is 84.0 Å². The van der Waals surface area contributed by atoms with E-state index in [2.05, 4.69) is 10.6 Å². The van der Waals surface area contributed by atoms with Crippen molar-refractivity contribution in [1.82, 2.24) is 10.6 Å². The van der Waals surface area contributed by atoms with E-state index >= 15 is 0 Å². The molecule has 1 aliphatic rings. The van der Waals surface area contributed by atoms with Gasteiger partial charge in [-0.3, -0.25) is 10.1 Å². The first-order valence-corrected chi connectivity index (χ1v) is 7.23. The fourth-order valence-corrected chi connectivity index (χ4v) is 2.43. The third kappa shape index (κ3) is 4.54. The zero-order valence-corrected chi connectivity index (χ0v) is 12.2. The maximum absolute atomic E-state index is 12.3. The van der Waals surface area contributed by atoms with E-state index in [1.807, 2.05) is 35.6 Å². The fourth-order valence-electron chi connectivity index (χ4n) is 2.43. The number of quaternary nitrogens is 1. The number of hydrogen-bond acceptors (Lipinski definition) is 3. The van der Waals surface area contributed by atoms with Crippen molar-refractivity contribution in [2.45, 2.75) is 25.0 Å². The van der Waals surface area contributed by atoms with Crippen molar-refractivity contribution < 1.29 is 19.6 Å². The van der Waals surface area contributed by atoms with Gasteiger partial charge in [0.05, 0.1) is 0 Å². The van der Waals surface area contributed by atoms with E-state index in [0.29, 0.717) is 6.54 Å². The van der Waals surface area contributed by atoms with Gasteiger partial charge in [0.25, 0.3) is 5.91 Å². The van der Waals surface area contributed by atoms with Gasteiger partial charge >= 0.3 is 6.03 Å². The zero-order valence-electron chi connectivity index (χ0n) is 12.2. The number of imide groups is 1. The van der Waals surface area contributed by atoms with Crippen LogP contribution in [0.2, 0.25) is 0 Å². The summed E-state index contributed by atoms with van der Waals surface area (Å²) in [5, 5.41) is 6.67. The van der Waals surface area contributed by atoms with E-state index in [0.717, 1.165) is 25.0 Å². The maximum atomic E-state index is 12.3. The quantitative estimate of drug-likeness (QED) is 0.710. The minimum Gasteiger partial charge on any atom is -0.372 e. The first-order chi connectivity index (χ1) is 10.2. The molecule has 0 unspecified atom stereocenters. The molecule has 3 amide bonds. The van der Waals surface area contributed by atoms with E-state index in [1.165, 1.54) is 7.05 Å². The van der Waals surface area contributed by atoms with Crippen molar-refractivity contribution in [2.75, 3.05) is 20.2 Å². The van der Waals surface area contributed by atoms with Crippen LogP contribution in [0.4, 0.5) is 4.79 Å². The molecule has 2 atom stereocenters. The van der Waals surface area contributed by atoms with Crippen LogP contribution in [0.3, 0.4) is 0 Å². The highest BCUT2D eigenvalue weighted by Crippen LogP contribution is 2.11. The fraction of sp³-hybridized carbons (Fsp3) is 0.467. The number of hydrogen-bond donors (Lipinski definition) is 3. The molecule has 1 aromatic rings. The Labute approximate surface area is 124 Å². The number of ether oxygens (including phenoxy) is 1. The van der Waals surface area contributed by atoms with Gasteiger partial charge in [0.15, 0.2) is 6.04 Å². The van der Waals surface area contributed by atoms with Crippen molar-refractivity contribution in [2.24, 2.45) is 0 Å². The number of carbonyl (C=O) groups is 2. The second-order valence-corrected chi connectivity index (χ2v) is 5.06. The Hall–Kier alpha value is -1.92. The van der Waals surface area contributed by atoms with E-state index in [4.69, 9.17) is 4.74 Å². The highest BCUT2D eigenvalue weighted by Gasteiger charge is 2.27. The summed E-state index contributed by atoms with van der Waals surface area (Å²) in [5.41, 5.74) is 0.872. The molecule has 4 N–H and O–H groups in total. The third-order valence-corrected chi connectivity index (χ3v) is 3.56. The zero-order chi connectivity index (χ0) is 15.1. The van der Waals surface area contributed by atoms with Gasteiger partial charge in [0.2, 0.25) is 0 Å². The number of nitrogens with one attached hydrogen (secondary N) is 2. The number of benzene rings is 1. The molecule has 0 aliphatic carbocycles. The molecule has 114 valence electrons. The Morgan fingerprint density at radius 3 is 2.76 bits per heavy atom. The SMILES string of the molecule is CNC(=O)NC(=O)[C@H]([NH2+]C[C@@H]1CCCO1)c1ccccc1. The number of rotatable bonds is 5. The molecule has 6 heteroatoms. The van der Waals surface area contributed by atoms with Gasteiger partial charge in [-0.05, 0) is 12.8 Å². The highest BCUT2D eigenvalue weighted by atomic mass is 16.5. The molecule has 0 spiro atoms. The first-order valence-electron chi connectivity index (χ1n) is 7.23. The van der Waals surface area contributed by atoms with Crippen LogP contribution in [0, 0.1) is 0 Å². The third-order valence-electron chi connectivity index (χ3n) is 3.56. The normalized spacial score (nSPS) is 19.0. The van der Waals surface area contributed by atoms with Crippen molar-refractivity contribution in [1.29, 1.82) is 0 Å². The Bertz CT molecular complexity index is 472. The predicted octanol–water partition coefficient (Wildman–Crippen LogP) is -0.0743. The van der Waals surface area contributed by atoms with E-state index < -0.39 is 12.1 Å². The van der Waals surface area contributed by atoms with Crippen molar-refractivity contribution in [3.8, 4) is 0 Å². The molecule has 0 saturated carbocycles. The summed E-state index contributed by atoms with van der Waals surface area (Å²) in [7, 11) is 1.48. The van der Waals surface area contributed by atoms with Gasteiger partial charge in [0, 0.05) is 19.2 Å². The van der Waals surface area contributed by atoms with Gasteiger partial charge in [0.1, 0.15) is 12.6 Å². The van der Waals surface area contributed by atoms with Crippen LogP contribution < -0.4 is 16.0 Å². The lowest BCUT2D eigenvalue weighted by Gasteiger charge is -2.17. The molecule has 0 aromatic heterocycles. The molecule has 21 heavy (non-hydrogen) atoms. The lowest BCUT2D eigenvalue weighted by molar-refractivity contribution is -0.688. The number of amides is 3. The molecule has 1 heterocycles.